The fourth-order valence-corrected chi connectivity index (χ4v) is 4.42. The molecule has 1 saturated carbocycles. The molecule has 6 heteroatoms. The van der Waals surface area contributed by atoms with Crippen molar-refractivity contribution in [1.82, 2.24) is 14.8 Å². The van der Waals surface area contributed by atoms with E-state index in [4.69, 9.17) is 0 Å². The molecule has 2 aromatic carbocycles. The Hall–Kier alpha value is -3.15. The van der Waals surface area contributed by atoms with Gasteiger partial charge >= 0.3 is 0 Å². The van der Waals surface area contributed by atoms with Crippen molar-refractivity contribution in [3.63, 3.8) is 0 Å². The summed E-state index contributed by atoms with van der Waals surface area (Å²) in [6, 6.07) is 14.6. The van der Waals surface area contributed by atoms with Crippen LogP contribution in [-0.4, -0.2) is 45.7 Å². The maximum absolute atomic E-state index is 13.5. The molecule has 0 aliphatic heterocycles. The number of aromatic amines is 1. The first-order valence-corrected chi connectivity index (χ1v) is 12.4. The lowest BCUT2D eigenvalue weighted by Gasteiger charge is -2.28. The number of nitrogens with one attached hydrogen (secondary N) is 1. The van der Waals surface area contributed by atoms with Gasteiger partial charge in [-0.2, -0.15) is 0 Å². The largest absolute Gasteiger partial charge is 0.361 e. The number of para-hydroxylation sites is 1. The van der Waals surface area contributed by atoms with Crippen molar-refractivity contribution in [2.75, 3.05) is 13.1 Å². The Bertz CT molecular complexity index is 1100. The molecule has 1 N–H and O–H groups in total. The highest BCUT2D eigenvalue weighted by Gasteiger charge is 2.34. The normalized spacial score (nSPS) is 13.2. The molecule has 0 spiro atoms. The van der Waals surface area contributed by atoms with E-state index < -0.39 is 0 Å². The number of rotatable bonds is 12. The number of hydrogen-bond donors (Lipinski definition) is 1. The highest BCUT2D eigenvalue weighted by atomic mass is 19.1. The van der Waals surface area contributed by atoms with E-state index in [2.05, 4.69) is 18.0 Å². The predicted molar refractivity (Wildman–Crippen MR) is 133 cm³/mol. The number of nitrogens with zero attached hydrogens (tertiary/aromatic N) is 2. The van der Waals surface area contributed by atoms with Gasteiger partial charge in [-0.25, -0.2) is 4.39 Å². The number of halogens is 1. The third-order valence-corrected chi connectivity index (χ3v) is 6.57. The van der Waals surface area contributed by atoms with Crippen LogP contribution >= 0.6 is 0 Å². The quantitative estimate of drug-likeness (QED) is 0.363. The minimum absolute atomic E-state index is 0.0556. The summed E-state index contributed by atoms with van der Waals surface area (Å²) in [5.41, 5.74) is 3.11. The van der Waals surface area contributed by atoms with Gasteiger partial charge < -0.3 is 14.8 Å². The summed E-state index contributed by atoms with van der Waals surface area (Å²) >= 11 is 0. The Morgan fingerprint density at radius 1 is 1.03 bits per heavy atom. The number of fused-ring (bicyclic) bond motifs is 1. The fraction of sp³-hybridized carbons (Fsp3) is 0.429. The summed E-state index contributed by atoms with van der Waals surface area (Å²) in [6.07, 6.45) is 8.11. The Kier molecular flexibility index (Phi) is 7.99. The molecule has 0 atom stereocenters. The maximum atomic E-state index is 13.5. The molecule has 0 bridgehead atoms. The van der Waals surface area contributed by atoms with Gasteiger partial charge in [0.15, 0.2) is 0 Å². The Morgan fingerprint density at radius 2 is 1.79 bits per heavy atom. The molecule has 1 aliphatic carbocycles. The van der Waals surface area contributed by atoms with Crippen molar-refractivity contribution in [2.45, 2.75) is 64.5 Å². The van der Waals surface area contributed by atoms with Crippen LogP contribution in [0.4, 0.5) is 4.39 Å². The number of hydrogen-bond acceptors (Lipinski definition) is 2. The summed E-state index contributed by atoms with van der Waals surface area (Å²) in [5.74, 6) is -0.263. The van der Waals surface area contributed by atoms with Gasteiger partial charge in [-0.1, -0.05) is 50.1 Å². The van der Waals surface area contributed by atoms with Gasteiger partial charge in [0.2, 0.25) is 11.8 Å². The van der Waals surface area contributed by atoms with Gasteiger partial charge in [0.25, 0.3) is 0 Å². The monoisotopic (exact) mass is 463 g/mol. The van der Waals surface area contributed by atoms with E-state index >= 15 is 0 Å². The standard InChI is InChI=1S/C28H34FN3O2/c1-2-3-4-9-27(33)32(24-14-15-24)20-28(34)31(19-21-10-12-23(29)13-11-21)17-16-22-18-30-26-8-6-5-7-25(22)26/h5-8,10-13,18,24,30H,2-4,9,14-17,19-20H2,1H3. The van der Waals surface area contributed by atoms with Crippen molar-refractivity contribution in [2.24, 2.45) is 0 Å². The van der Waals surface area contributed by atoms with Crippen LogP contribution in [0.15, 0.2) is 54.7 Å². The second-order valence-corrected chi connectivity index (χ2v) is 9.26. The van der Waals surface area contributed by atoms with Gasteiger partial charge in [0.05, 0.1) is 0 Å². The Balaban J connectivity index is 1.47. The molecule has 3 aromatic rings. The number of H-pyrrole nitrogens is 1. The molecule has 1 aliphatic rings. The number of unbranched alkanes of at least 4 members (excludes halogenated alkanes) is 2. The van der Waals surface area contributed by atoms with Gasteiger partial charge in [-0.05, 0) is 55.0 Å². The summed E-state index contributed by atoms with van der Waals surface area (Å²) < 4.78 is 13.4. The number of amides is 2. The van der Waals surface area contributed by atoms with Crippen LogP contribution in [-0.2, 0) is 22.6 Å². The summed E-state index contributed by atoms with van der Waals surface area (Å²) in [7, 11) is 0. The SMILES string of the molecule is CCCCCC(=O)N(CC(=O)N(CCc1c[nH]c2ccccc12)Cc1ccc(F)cc1)C1CC1. The van der Waals surface area contributed by atoms with Crippen LogP contribution in [0, 0.1) is 5.82 Å². The van der Waals surface area contributed by atoms with Crippen LogP contribution in [0.25, 0.3) is 10.9 Å². The predicted octanol–water partition coefficient (Wildman–Crippen LogP) is 5.45. The fourth-order valence-electron chi connectivity index (χ4n) is 4.42. The first kappa shape index (κ1) is 24.0. The van der Waals surface area contributed by atoms with Crippen molar-refractivity contribution in [3.05, 3.63) is 71.7 Å². The van der Waals surface area contributed by atoms with E-state index in [9.17, 15) is 14.0 Å². The summed E-state index contributed by atoms with van der Waals surface area (Å²) in [6.45, 7) is 3.16. The molecule has 180 valence electrons. The van der Waals surface area contributed by atoms with Crippen molar-refractivity contribution >= 4 is 22.7 Å². The van der Waals surface area contributed by atoms with E-state index in [1.54, 1.807) is 17.0 Å². The number of carbonyl (C=O) groups excluding carboxylic acids is 2. The maximum Gasteiger partial charge on any atom is 0.242 e. The molecular formula is C28H34FN3O2. The van der Waals surface area contributed by atoms with Gasteiger partial charge in [-0.15, -0.1) is 0 Å². The average molecular weight is 464 g/mol. The number of carbonyl (C=O) groups is 2. The van der Waals surface area contributed by atoms with Crippen molar-refractivity contribution in [3.8, 4) is 0 Å². The molecule has 4 rings (SSSR count). The van der Waals surface area contributed by atoms with Crippen LogP contribution in [0.3, 0.4) is 0 Å². The van der Waals surface area contributed by atoms with Gasteiger partial charge in [-0.3, -0.25) is 9.59 Å². The molecule has 1 fully saturated rings. The summed E-state index contributed by atoms with van der Waals surface area (Å²) in [5, 5.41) is 1.15. The molecular weight excluding hydrogens is 429 g/mol. The zero-order chi connectivity index (χ0) is 23.9. The van der Waals surface area contributed by atoms with Crippen LogP contribution in [0.1, 0.15) is 56.6 Å². The molecule has 34 heavy (non-hydrogen) atoms. The molecule has 5 nitrogen and oxygen atoms in total. The highest BCUT2D eigenvalue weighted by Crippen LogP contribution is 2.28. The molecule has 2 amide bonds. The van der Waals surface area contributed by atoms with E-state index in [1.807, 2.05) is 29.3 Å². The minimum Gasteiger partial charge on any atom is -0.361 e. The third-order valence-electron chi connectivity index (χ3n) is 6.57. The van der Waals surface area contributed by atoms with Gasteiger partial charge in [0.1, 0.15) is 12.4 Å². The minimum atomic E-state index is -0.294. The third kappa shape index (κ3) is 6.25. The first-order valence-electron chi connectivity index (χ1n) is 12.4. The smallest absolute Gasteiger partial charge is 0.242 e. The molecule has 0 unspecified atom stereocenters. The van der Waals surface area contributed by atoms with E-state index in [0.29, 0.717) is 25.9 Å². The zero-order valence-corrected chi connectivity index (χ0v) is 19.9. The summed E-state index contributed by atoms with van der Waals surface area (Å²) in [4.78, 5) is 33.2. The van der Waals surface area contributed by atoms with Gasteiger partial charge in [0, 0.05) is 42.7 Å². The Labute approximate surface area is 200 Å². The van der Waals surface area contributed by atoms with E-state index in [1.165, 1.54) is 12.1 Å². The number of benzene rings is 2. The Morgan fingerprint density at radius 3 is 2.53 bits per heavy atom. The van der Waals surface area contributed by atoms with E-state index in [-0.39, 0.29) is 30.2 Å². The molecule has 1 heterocycles. The van der Waals surface area contributed by atoms with Crippen molar-refractivity contribution in [1.29, 1.82) is 0 Å². The average Bonchev–Trinajstić information content (AvgIpc) is 3.61. The highest BCUT2D eigenvalue weighted by molar-refractivity contribution is 5.86. The van der Waals surface area contributed by atoms with E-state index in [0.717, 1.165) is 54.1 Å². The molecule has 0 radical (unpaired) electrons. The topological polar surface area (TPSA) is 56.4 Å². The second kappa shape index (κ2) is 11.3. The molecule has 1 aromatic heterocycles. The molecule has 0 saturated heterocycles. The second-order valence-electron chi connectivity index (χ2n) is 9.26. The first-order chi connectivity index (χ1) is 16.5. The van der Waals surface area contributed by atoms with Crippen LogP contribution in [0.2, 0.25) is 0 Å². The lowest BCUT2D eigenvalue weighted by molar-refractivity contribution is -0.141. The zero-order valence-electron chi connectivity index (χ0n) is 19.9. The number of aromatic nitrogens is 1. The lowest BCUT2D eigenvalue weighted by atomic mass is 10.1. The van der Waals surface area contributed by atoms with Crippen molar-refractivity contribution < 1.29 is 14.0 Å². The lowest BCUT2D eigenvalue weighted by Crippen LogP contribution is -2.44. The van der Waals surface area contributed by atoms with Crippen LogP contribution < -0.4 is 0 Å². The van der Waals surface area contributed by atoms with Crippen LogP contribution in [0.5, 0.6) is 0 Å².